The molecule has 1 heterocycles. The largest absolute Gasteiger partial charge is 0.308 e. The molecule has 19 heavy (non-hydrogen) atoms. The number of benzene rings is 2. The lowest BCUT2D eigenvalue weighted by Gasteiger charge is -2.17. The van der Waals surface area contributed by atoms with E-state index in [1.54, 1.807) is 0 Å². The predicted octanol–water partition coefficient (Wildman–Crippen LogP) is 3.80. The van der Waals surface area contributed by atoms with E-state index in [-0.39, 0.29) is 5.91 Å². The molecule has 0 radical (unpaired) electrons. The quantitative estimate of drug-likeness (QED) is 0.706. The lowest BCUT2D eigenvalue weighted by atomic mass is 10.1. The summed E-state index contributed by atoms with van der Waals surface area (Å²) in [6.45, 7) is 2.81. The third-order valence-electron chi connectivity index (χ3n) is 3.48. The Morgan fingerprint density at radius 2 is 1.89 bits per heavy atom. The van der Waals surface area contributed by atoms with E-state index in [1.165, 1.54) is 14.7 Å². The van der Waals surface area contributed by atoms with Gasteiger partial charge >= 0.3 is 0 Å². The van der Waals surface area contributed by atoms with Crippen molar-refractivity contribution < 1.29 is 4.79 Å². The molecule has 0 spiro atoms. The summed E-state index contributed by atoms with van der Waals surface area (Å²) >= 11 is 2.31. The number of carbonyl (C=O) groups excluding carboxylic acids is 1. The van der Waals surface area contributed by atoms with Crippen molar-refractivity contribution in [3.05, 3.63) is 62.7 Å². The van der Waals surface area contributed by atoms with E-state index in [0.29, 0.717) is 0 Å². The molecule has 3 rings (SSSR count). The molecule has 1 aliphatic rings. The predicted molar refractivity (Wildman–Crippen MR) is 85.7 cm³/mol. The number of hydrogen-bond donors (Lipinski definition) is 0. The fourth-order valence-corrected chi connectivity index (χ4v) is 2.99. The van der Waals surface area contributed by atoms with Crippen molar-refractivity contribution >= 4 is 34.2 Å². The molecule has 2 nitrogen and oxygen atoms in total. The SMILES string of the molecule is Cc1ccc(C(=O)N2CCc3cc(I)ccc32)cc1. The Kier molecular flexibility index (Phi) is 3.31. The van der Waals surface area contributed by atoms with Gasteiger partial charge in [0.15, 0.2) is 0 Å². The zero-order chi connectivity index (χ0) is 13.4. The van der Waals surface area contributed by atoms with Crippen LogP contribution >= 0.6 is 22.6 Å². The Balaban J connectivity index is 1.93. The molecule has 1 aliphatic heterocycles. The summed E-state index contributed by atoms with van der Waals surface area (Å²) in [7, 11) is 0. The zero-order valence-electron chi connectivity index (χ0n) is 10.7. The van der Waals surface area contributed by atoms with Gasteiger partial charge in [-0.25, -0.2) is 0 Å². The molecule has 0 N–H and O–H groups in total. The maximum atomic E-state index is 12.5. The molecule has 0 saturated heterocycles. The third-order valence-corrected chi connectivity index (χ3v) is 4.15. The Bertz CT molecular complexity index is 634. The lowest BCUT2D eigenvalue weighted by molar-refractivity contribution is 0.0989. The molecule has 0 bridgehead atoms. The molecule has 0 atom stereocenters. The molecule has 3 heteroatoms. The van der Waals surface area contributed by atoms with Gasteiger partial charge in [0.2, 0.25) is 0 Å². The Morgan fingerprint density at radius 1 is 1.16 bits per heavy atom. The second kappa shape index (κ2) is 4.96. The molecule has 0 aromatic heterocycles. The van der Waals surface area contributed by atoms with Crippen molar-refractivity contribution in [3.8, 4) is 0 Å². The maximum Gasteiger partial charge on any atom is 0.258 e. The standard InChI is InChI=1S/C16H14INO/c1-11-2-4-12(5-3-11)16(19)18-9-8-13-10-14(17)6-7-15(13)18/h2-7,10H,8-9H2,1H3. The van der Waals surface area contributed by atoms with E-state index in [2.05, 4.69) is 40.8 Å². The van der Waals surface area contributed by atoms with Crippen LogP contribution in [0.15, 0.2) is 42.5 Å². The first-order chi connectivity index (χ1) is 9.15. The highest BCUT2D eigenvalue weighted by molar-refractivity contribution is 14.1. The molecule has 2 aromatic rings. The number of fused-ring (bicyclic) bond motifs is 1. The Morgan fingerprint density at radius 3 is 2.63 bits per heavy atom. The fourth-order valence-electron chi connectivity index (χ4n) is 2.43. The highest BCUT2D eigenvalue weighted by Crippen LogP contribution is 2.30. The molecule has 0 fully saturated rings. The van der Waals surface area contributed by atoms with E-state index < -0.39 is 0 Å². The van der Waals surface area contributed by atoms with Crippen LogP contribution in [0.2, 0.25) is 0 Å². The van der Waals surface area contributed by atoms with E-state index in [9.17, 15) is 4.79 Å². The normalized spacial score (nSPS) is 13.5. The highest BCUT2D eigenvalue weighted by atomic mass is 127. The molecule has 2 aromatic carbocycles. The first-order valence-electron chi connectivity index (χ1n) is 6.32. The van der Waals surface area contributed by atoms with Crippen LogP contribution in [0.1, 0.15) is 21.5 Å². The average Bonchev–Trinajstić information content (AvgIpc) is 2.81. The highest BCUT2D eigenvalue weighted by Gasteiger charge is 2.25. The van der Waals surface area contributed by atoms with Crippen molar-refractivity contribution in [2.75, 3.05) is 11.4 Å². The van der Waals surface area contributed by atoms with Crippen molar-refractivity contribution in [3.63, 3.8) is 0 Å². The smallest absolute Gasteiger partial charge is 0.258 e. The summed E-state index contributed by atoms with van der Waals surface area (Å²) in [6, 6.07) is 14.1. The number of anilines is 1. The van der Waals surface area contributed by atoms with E-state index in [4.69, 9.17) is 0 Å². The van der Waals surface area contributed by atoms with Crippen LogP contribution in [-0.4, -0.2) is 12.5 Å². The van der Waals surface area contributed by atoms with Crippen LogP contribution < -0.4 is 4.90 Å². The van der Waals surface area contributed by atoms with Crippen LogP contribution in [0, 0.1) is 10.5 Å². The molecule has 1 amide bonds. The summed E-state index contributed by atoms with van der Waals surface area (Å²) in [6.07, 6.45) is 0.948. The van der Waals surface area contributed by atoms with Crippen molar-refractivity contribution in [2.24, 2.45) is 0 Å². The average molecular weight is 363 g/mol. The van der Waals surface area contributed by atoms with Crippen molar-refractivity contribution in [2.45, 2.75) is 13.3 Å². The molecular weight excluding hydrogens is 349 g/mol. The topological polar surface area (TPSA) is 20.3 Å². The van der Waals surface area contributed by atoms with Crippen molar-refractivity contribution in [1.29, 1.82) is 0 Å². The summed E-state index contributed by atoms with van der Waals surface area (Å²) < 4.78 is 1.22. The Labute approximate surface area is 126 Å². The number of halogens is 1. The number of hydrogen-bond acceptors (Lipinski definition) is 1. The van der Waals surface area contributed by atoms with Crippen LogP contribution in [-0.2, 0) is 6.42 Å². The molecular formula is C16H14INO. The van der Waals surface area contributed by atoms with Gasteiger partial charge in [-0.3, -0.25) is 4.79 Å². The van der Waals surface area contributed by atoms with Gasteiger partial charge < -0.3 is 4.90 Å². The molecule has 0 aliphatic carbocycles. The van der Waals surface area contributed by atoms with E-state index >= 15 is 0 Å². The van der Waals surface area contributed by atoms with Crippen LogP contribution in [0.25, 0.3) is 0 Å². The first kappa shape index (κ1) is 12.7. The van der Waals surface area contributed by atoms with Crippen molar-refractivity contribution in [1.82, 2.24) is 0 Å². The van der Waals surface area contributed by atoms with Crippen LogP contribution in [0.5, 0.6) is 0 Å². The van der Waals surface area contributed by atoms with Gasteiger partial charge in [-0.1, -0.05) is 17.7 Å². The monoisotopic (exact) mass is 363 g/mol. The minimum absolute atomic E-state index is 0.0972. The second-order valence-corrected chi connectivity index (χ2v) is 6.09. The lowest BCUT2D eigenvalue weighted by Crippen LogP contribution is -2.28. The van der Waals surface area contributed by atoms with Gasteiger partial charge in [0.05, 0.1) is 0 Å². The third kappa shape index (κ3) is 2.39. The second-order valence-electron chi connectivity index (χ2n) is 4.85. The van der Waals surface area contributed by atoms with Gasteiger partial charge in [0, 0.05) is 21.4 Å². The number of carbonyl (C=O) groups is 1. The fraction of sp³-hybridized carbons (Fsp3) is 0.188. The molecule has 0 unspecified atom stereocenters. The summed E-state index contributed by atoms with van der Waals surface area (Å²) in [5, 5.41) is 0. The number of aryl methyl sites for hydroxylation is 1. The summed E-state index contributed by atoms with van der Waals surface area (Å²) in [4.78, 5) is 14.4. The summed E-state index contributed by atoms with van der Waals surface area (Å²) in [5.74, 6) is 0.0972. The Hall–Kier alpha value is -1.36. The maximum absolute atomic E-state index is 12.5. The van der Waals surface area contributed by atoms with Gasteiger partial charge in [0.1, 0.15) is 0 Å². The summed E-state index contributed by atoms with van der Waals surface area (Å²) in [5.41, 5.74) is 4.27. The zero-order valence-corrected chi connectivity index (χ0v) is 12.8. The minimum atomic E-state index is 0.0972. The van der Waals surface area contributed by atoms with Crippen LogP contribution in [0.4, 0.5) is 5.69 Å². The van der Waals surface area contributed by atoms with Gasteiger partial charge in [-0.05, 0) is 71.8 Å². The first-order valence-corrected chi connectivity index (χ1v) is 7.40. The van der Waals surface area contributed by atoms with Gasteiger partial charge in [0.25, 0.3) is 5.91 Å². The van der Waals surface area contributed by atoms with E-state index in [1.807, 2.05) is 36.1 Å². The number of rotatable bonds is 1. The molecule has 0 saturated carbocycles. The van der Waals surface area contributed by atoms with Gasteiger partial charge in [-0.2, -0.15) is 0 Å². The number of nitrogens with zero attached hydrogens (tertiary/aromatic N) is 1. The molecule has 96 valence electrons. The van der Waals surface area contributed by atoms with E-state index in [0.717, 1.165) is 24.2 Å². The van der Waals surface area contributed by atoms with Crippen LogP contribution in [0.3, 0.4) is 0 Å². The van der Waals surface area contributed by atoms with Gasteiger partial charge in [-0.15, -0.1) is 0 Å². The minimum Gasteiger partial charge on any atom is -0.308 e. The number of amides is 1.